The summed E-state index contributed by atoms with van der Waals surface area (Å²) >= 11 is 1.30. The van der Waals surface area contributed by atoms with E-state index >= 15 is 0 Å². The Morgan fingerprint density at radius 1 is 1.45 bits per heavy atom. The first kappa shape index (κ1) is 13.6. The van der Waals surface area contributed by atoms with Gasteiger partial charge in [0.05, 0.1) is 18.7 Å². The second-order valence-electron chi connectivity index (χ2n) is 5.49. The van der Waals surface area contributed by atoms with Crippen molar-refractivity contribution in [3.63, 3.8) is 0 Å². The molecule has 2 N–H and O–H groups in total. The van der Waals surface area contributed by atoms with E-state index in [4.69, 9.17) is 4.74 Å². The highest BCUT2D eigenvalue weighted by Crippen LogP contribution is 2.35. The number of ether oxygens (including phenoxy) is 1. The van der Waals surface area contributed by atoms with Crippen LogP contribution >= 0.6 is 11.3 Å². The molecule has 3 heterocycles. The molecular formula is C14H18N2O3S. The fraction of sp³-hybridized carbons (Fsp3) is 0.571. The highest BCUT2D eigenvalue weighted by Gasteiger charge is 2.43. The van der Waals surface area contributed by atoms with Crippen molar-refractivity contribution in [3.8, 4) is 0 Å². The number of hydrogen-bond donors (Lipinski definition) is 2. The van der Waals surface area contributed by atoms with Gasteiger partial charge in [-0.15, -0.1) is 11.3 Å². The van der Waals surface area contributed by atoms with E-state index in [0.29, 0.717) is 22.6 Å². The SMILES string of the molecule is COC(=O)c1scc(C)c1NC(=O)C1CC2CCC1N2. The summed E-state index contributed by atoms with van der Waals surface area (Å²) < 4.78 is 4.75. The van der Waals surface area contributed by atoms with E-state index in [1.165, 1.54) is 24.9 Å². The third-order valence-corrected chi connectivity index (χ3v) is 5.31. The molecule has 0 aromatic carbocycles. The van der Waals surface area contributed by atoms with E-state index < -0.39 is 5.97 Å². The average molecular weight is 294 g/mol. The number of nitrogens with one attached hydrogen (secondary N) is 2. The summed E-state index contributed by atoms with van der Waals surface area (Å²) in [5.74, 6) is -0.376. The number of hydrogen-bond acceptors (Lipinski definition) is 5. The summed E-state index contributed by atoms with van der Waals surface area (Å²) in [5, 5.41) is 8.25. The van der Waals surface area contributed by atoms with Crippen LogP contribution in [0.3, 0.4) is 0 Å². The lowest BCUT2D eigenvalue weighted by Gasteiger charge is -2.19. The van der Waals surface area contributed by atoms with E-state index in [9.17, 15) is 9.59 Å². The number of amides is 1. The largest absolute Gasteiger partial charge is 0.465 e. The van der Waals surface area contributed by atoms with Crippen LogP contribution in [-0.2, 0) is 9.53 Å². The monoisotopic (exact) mass is 294 g/mol. The number of anilines is 1. The molecule has 108 valence electrons. The van der Waals surface area contributed by atoms with Crippen LogP contribution in [0, 0.1) is 12.8 Å². The van der Waals surface area contributed by atoms with Gasteiger partial charge in [-0.25, -0.2) is 4.79 Å². The minimum atomic E-state index is -0.399. The maximum atomic E-state index is 12.4. The zero-order chi connectivity index (χ0) is 14.3. The lowest BCUT2D eigenvalue weighted by Crippen LogP contribution is -2.33. The summed E-state index contributed by atoms with van der Waals surface area (Å²) in [7, 11) is 1.35. The van der Waals surface area contributed by atoms with Gasteiger partial charge in [0.2, 0.25) is 5.91 Å². The fourth-order valence-corrected chi connectivity index (χ4v) is 4.09. The molecule has 3 atom stereocenters. The number of aryl methyl sites for hydroxylation is 1. The molecule has 0 aliphatic carbocycles. The number of carbonyl (C=O) groups excluding carboxylic acids is 2. The van der Waals surface area contributed by atoms with Crippen LogP contribution in [-0.4, -0.2) is 31.1 Å². The number of methoxy groups -OCH3 is 1. The molecule has 2 bridgehead atoms. The molecular weight excluding hydrogens is 276 g/mol. The Morgan fingerprint density at radius 3 is 2.85 bits per heavy atom. The average Bonchev–Trinajstić information content (AvgIpc) is 3.14. The van der Waals surface area contributed by atoms with Crippen molar-refractivity contribution in [2.24, 2.45) is 5.92 Å². The topological polar surface area (TPSA) is 67.4 Å². The van der Waals surface area contributed by atoms with Crippen molar-refractivity contribution in [3.05, 3.63) is 15.8 Å². The molecule has 3 unspecified atom stereocenters. The normalized spacial score (nSPS) is 27.6. The van der Waals surface area contributed by atoms with Crippen molar-refractivity contribution < 1.29 is 14.3 Å². The predicted molar refractivity (Wildman–Crippen MR) is 77.1 cm³/mol. The third kappa shape index (κ3) is 2.23. The number of thiophene rings is 1. The van der Waals surface area contributed by atoms with Gasteiger partial charge >= 0.3 is 5.97 Å². The minimum absolute atomic E-state index is 0.0105. The van der Waals surface area contributed by atoms with Crippen LogP contribution < -0.4 is 10.6 Å². The summed E-state index contributed by atoms with van der Waals surface area (Å²) in [5.41, 5.74) is 1.51. The molecule has 2 fully saturated rings. The number of fused-ring (bicyclic) bond motifs is 2. The van der Waals surface area contributed by atoms with Gasteiger partial charge in [-0.2, -0.15) is 0 Å². The molecule has 1 aromatic heterocycles. The lowest BCUT2D eigenvalue weighted by molar-refractivity contribution is -0.120. The second-order valence-corrected chi connectivity index (χ2v) is 6.37. The minimum Gasteiger partial charge on any atom is -0.465 e. The first-order chi connectivity index (χ1) is 9.60. The Hall–Kier alpha value is -1.40. The van der Waals surface area contributed by atoms with Crippen LogP contribution in [0.25, 0.3) is 0 Å². The van der Waals surface area contributed by atoms with E-state index in [1.807, 2.05) is 12.3 Å². The number of esters is 1. The molecule has 2 aliphatic heterocycles. The van der Waals surface area contributed by atoms with E-state index in [2.05, 4.69) is 10.6 Å². The zero-order valence-electron chi connectivity index (χ0n) is 11.6. The van der Waals surface area contributed by atoms with Crippen LogP contribution in [0.15, 0.2) is 5.38 Å². The summed E-state index contributed by atoms with van der Waals surface area (Å²) in [4.78, 5) is 24.6. The lowest BCUT2D eigenvalue weighted by atomic mass is 9.88. The van der Waals surface area contributed by atoms with Crippen molar-refractivity contribution in [2.45, 2.75) is 38.3 Å². The van der Waals surface area contributed by atoms with Gasteiger partial charge in [-0.3, -0.25) is 4.79 Å². The smallest absolute Gasteiger partial charge is 0.350 e. The second kappa shape index (κ2) is 5.18. The van der Waals surface area contributed by atoms with Gasteiger partial charge in [0.1, 0.15) is 4.88 Å². The quantitative estimate of drug-likeness (QED) is 0.836. The maximum Gasteiger partial charge on any atom is 0.350 e. The molecule has 1 aromatic rings. The summed E-state index contributed by atoms with van der Waals surface area (Å²) in [6, 6.07) is 0.778. The Morgan fingerprint density at radius 2 is 2.25 bits per heavy atom. The number of rotatable bonds is 3. The molecule has 2 aliphatic rings. The van der Waals surface area contributed by atoms with Gasteiger partial charge in [-0.05, 0) is 37.1 Å². The molecule has 6 heteroatoms. The predicted octanol–water partition coefficient (Wildman–Crippen LogP) is 1.92. The molecule has 1 amide bonds. The van der Waals surface area contributed by atoms with Crippen molar-refractivity contribution >= 4 is 28.9 Å². The molecule has 2 saturated heterocycles. The van der Waals surface area contributed by atoms with E-state index in [-0.39, 0.29) is 11.8 Å². The maximum absolute atomic E-state index is 12.4. The molecule has 0 spiro atoms. The first-order valence-electron chi connectivity index (χ1n) is 6.83. The van der Waals surface area contributed by atoms with E-state index in [0.717, 1.165) is 18.4 Å². The van der Waals surface area contributed by atoms with Crippen LogP contribution in [0.5, 0.6) is 0 Å². The highest BCUT2D eigenvalue weighted by molar-refractivity contribution is 7.12. The van der Waals surface area contributed by atoms with Gasteiger partial charge in [0, 0.05) is 12.1 Å². The number of carbonyl (C=O) groups is 2. The van der Waals surface area contributed by atoms with Crippen LogP contribution in [0.4, 0.5) is 5.69 Å². The van der Waals surface area contributed by atoms with Crippen LogP contribution in [0.2, 0.25) is 0 Å². The third-order valence-electron chi connectivity index (χ3n) is 4.23. The van der Waals surface area contributed by atoms with Crippen molar-refractivity contribution in [2.75, 3.05) is 12.4 Å². The Kier molecular flexibility index (Phi) is 3.52. The Bertz CT molecular complexity index is 555. The standard InChI is InChI=1S/C14H18N2O3S/c1-7-6-20-12(14(18)19-2)11(7)16-13(17)9-5-8-3-4-10(9)15-8/h6,8-10,15H,3-5H2,1-2H3,(H,16,17). The molecule has 3 rings (SSSR count). The molecule has 20 heavy (non-hydrogen) atoms. The summed E-state index contributed by atoms with van der Waals surface area (Å²) in [6.07, 6.45) is 3.13. The van der Waals surface area contributed by atoms with Gasteiger partial charge in [0.15, 0.2) is 0 Å². The Labute approximate surface area is 121 Å². The molecule has 0 radical (unpaired) electrons. The summed E-state index contributed by atoms with van der Waals surface area (Å²) in [6.45, 7) is 1.89. The van der Waals surface area contributed by atoms with Crippen molar-refractivity contribution in [1.29, 1.82) is 0 Å². The van der Waals surface area contributed by atoms with Gasteiger partial charge in [0.25, 0.3) is 0 Å². The van der Waals surface area contributed by atoms with Gasteiger partial charge in [-0.1, -0.05) is 0 Å². The van der Waals surface area contributed by atoms with Crippen LogP contribution in [0.1, 0.15) is 34.5 Å². The van der Waals surface area contributed by atoms with E-state index in [1.54, 1.807) is 0 Å². The fourth-order valence-electron chi connectivity index (χ4n) is 3.17. The first-order valence-corrected chi connectivity index (χ1v) is 7.71. The Balaban J connectivity index is 1.76. The highest BCUT2D eigenvalue weighted by atomic mass is 32.1. The molecule has 0 saturated carbocycles. The molecule has 5 nitrogen and oxygen atoms in total. The van der Waals surface area contributed by atoms with Crippen molar-refractivity contribution in [1.82, 2.24) is 5.32 Å². The van der Waals surface area contributed by atoms with Gasteiger partial charge < -0.3 is 15.4 Å². The zero-order valence-corrected chi connectivity index (χ0v) is 12.4.